The second kappa shape index (κ2) is 7.44. The molecular formula is C15H21NO. The lowest BCUT2D eigenvalue weighted by Gasteiger charge is -2.29. The summed E-state index contributed by atoms with van der Waals surface area (Å²) >= 11 is 0. The molecule has 1 saturated heterocycles. The molecule has 0 radical (unpaired) electrons. The summed E-state index contributed by atoms with van der Waals surface area (Å²) in [5.74, 6) is 0.0503. The van der Waals surface area contributed by atoms with Crippen LogP contribution in [0.15, 0.2) is 60.9 Å². The lowest BCUT2D eigenvalue weighted by atomic mass is 9.94. The van der Waals surface area contributed by atoms with Crippen LogP contribution < -0.4 is 0 Å². The highest BCUT2D eigenvalue weighted by Gasteiger charge is 2.24. The SMILES string of the molecule is C=C/C=C1/CC(=O)N(C)C(=C)/C1=C/C=C.CC. The van der Waals surface area contributed by atoms with E-state index in [9.17, 15) is 4.79 Å². The molecule has 0 spiro atoms. The Morgan fingerprint density at radius 1 is 1.18 bits per heavy atom. The van der Waals surface area contributed by atoms with Crippen molar-refractivity contribution >= 4 is 5.91 Å². The topological polar surface area (TPSA) is 20.3 Å². The third kappa shape index (κ3) is 3.59. The largest absolute Gasteiger partial charge is 0.315 e. The second-order valence-corrected chi connectivity index (χ2v) is 3.32. The average molecular weight is 231 g/mol. The van der Waals surface area contributed by atoms with E-state index in [0.717, 1.165) is 11.1 Å². The molecule has 0 aromatic heterocycles. The lowest BCUT2D eigenvalue weighted by Crippen LogP contribution is -2.31. The van der Waals surface area contributed by atoms with Crippen LogP contribution in [0, 0.1) is 0 Å². The molecule has 0 unspecified atom stereocenters. The van der Waals surface area contributed by atoms with Crippen molar-refractivity contribution in [2.24, 2.45) is 0 Å². The highest BCUT2D eigenvalue weighted by Crippen LogP contribution is 2.29. The van der Waals surface area contributed by atoms with Gasteiger partial charge in [0.15, 0.2) is 0 Å². The molecule has 2 nitrogen and oxygen atoms in total. The van der Waals surface area contributed by atoms with Crippen LogP contribution >= 0.6 is 0 Å². The molecule has 0 N–H and O–H groups in total. The van der Waals surface area contributed by atoms with E-state index in [1.165, 1.54) is 0 Å². The normalized spacial score (nSPS) is 20.1. The van der Waals surface area contributed by atoms with Gasteiger partial charge in [0.05, 0.1) is 6.42 Å². The van der Waals surface area contributed by atoms with Gasteiger partial charge in [0.25, 0.3) is 0 Å². The molecule has 1 heterocycles. The van der Waals surface area contributed by atoms with Crippen LogP contribution in [0.3, 0.4) is 0 Å². The summed E-state index contributed by atoms with van der Waals surface area (Å²) in [5.41, 5.74) is 2.60. The van der Waals surface area contributed by atoms with Gasteiger partial charge in [-0.1, -0.05) is 57.9 Å². The van der Waals surface area contributed by atoms with Crippen molar-refractivity contribution in [2.75, 3.05) is 7.05 Å². The van der Waals surface area contributed by atoms with Crippen molar-refractivity contribution < 1.29 is 4.79 Å². The van der Waals surface area contributed by atoms with Gasteiger partial charge in [0.1, 0.15) is 0 Å². The molecule has 92 valence electrons. The van der Waals surface area contributed by atoms with Crippen LogP contribution in [-0.4, -0.2) is 17.9 Å². The summed E-state index contributed by atoms with van der Waals surface area (Å²) in [6.07, 6.45) is 7.46. The number of likely N-dealkylation sites (tertiary alicyclic amines) is 1. The summed E-state index contributed by atoms with van der Waals surface area (Å²) in [6, 6.07) is 0. The van der Waals surface area contributed by atoms with E-state index in [1.807, 2.05) is 26.0 Å². The van der Waals surface area contributed by atoms with Gasteiger partial charge in [-0.3, -0.25) is 4.79 Å². The molecule has 1 fully saturated rings. The second-order valence-electron chi connectivity index (χ2n) is 3.32. The summed E-state index contributed by atoms with van der Waals surface area (Å²) < 4.78 is 0. The van der Waals surface area contributed by atoms with Crippen LogP contribution in [0.1, 0.15) is 20.3 Å². The molecule has 0 bridgehead atoms. The number of hydrogen-bond donors (Lipinski definition) is 0. The van der Waals surface area contributed by atoms with E-state index in [4.69, 9.17) is 0 Å². The molecule has 2 heteroatoms. The van der Waals surface area contributed by atoms with Crippen molar-refractivity contribution in [1.82, 2.24) is 4.90 Å². The Balaban J connectivity index is 0.00000121. The third-order valence-electron chi connectivity index (χ3n) is 2.38. The minimum atomic E-state index is 0.0503. The van der Waals surface area contributed by atoms with E-state index < -0.39 is 0 Å². The first-order valence-electron chi connectivity index (χ1n) is 5.72. The van der Waals surface area contributed by atoms with Gasteiger partial charge >= 0.3 is 0 Å². The fourth-order valence-electron chi connectivity index (χ4n) is 1.51. The van der Waals surface area contributed by atoms with Gasteiger partial charge in [-0.25, -0.2) is 0 Å². The Bertz CT molecular complexity index is 386. The standard InChI is InChI=1S/C13H15NO.C2H6/c1-5-7-11-9-13(15)14(4)10(3)12(11)8-6-2;1-2/h5-8H,1-3,9H2,4H3;1-2H3/b11-7-,12-8-;. The molecular weight excluding hydrogens is 210 g/mol. The van der Waals surface area contributed by atoms with Crippen molar-refractivity contribution in [3.63, 3.8) is 0 Å². The summed E-state index contributed by atoms with van der Waals surface area (Å²) in [4.78, 5) is 13.1. The molecule has 0 aliphatic carbocycles. The van der Waals surface area contributed by atoms with Crippen molar-refractivity contribution in [3.8, 4) is 0 Å². The molecule has 0 atom stereocenters. The zero-order valence-corrected chi connectivity index (χ0v) is 11.0. The zero-order valence-electron chi connectivity index (χ0n) is 11.0. The van der Waals surface area contributed by atoms with Crippen LogP contribution in [0.25, 0.3) is 0 Å². The van der Waals surface area contributed by atoms with Crippen LogP contribution in [0.2, 0.25) is 0 Å². The maximum atomic E-state index is 11.6. The first-order valence-corrected chi connectivity index (χ1v) is 5.72. The zero-order chi connectivity index (χ0) is 13.4. The first kappa shape index (κ1) is 15.2. The van der Waals surface area contributed by atoms with E-state index >= 15 is 0 Å². The molecule has 1 rings (SSSR count). The summed E-state index contributed by atoms with van der Waals surface area (Å²) in [6.45, 7) is 15.2. The highest BCUT2D eigenvalue weighted by molar-refractivity contribution is 5.86. The van der Waals surface area contributed by atoms with Gasteiger partial charge in [-0.05, 0) is 5.57 Å². The van der Waals surface area contributed by atoms with E-state index in [2.05, 4.69) is 19.7 Å². The number of carbonyl (C=O) groups is 1. The number of carbonyl (C=O) groups excluding carboxylic acids is 1. The summed E-state index contributed by atoms with van der Waals surface area (Å²) in [5, 5.41) is 0. The Labute approximate surface area is 104 Å². The number of piperidine rings is 1. The van der Waals surface area contributed by atoms with Crippen LogP contribution in [-0.2, 0) is 4.79 Å². The minimum absolute atomic E-state index is 0.0503. The molecule has 1 amide bonds. The number of nitrogens with zero attached hydrogens (tertiary/aromatic N) is 1. The van der Waals surface area contributed by atoms with E-state index in [-0.39, 0.29) is 5.91 Å². The Kier molecular flexibility index (Phi) is 6.64. The molecule has 17 heavy (non-hydrogen) atoms. The smallest absolute Gasteiger partial charge is 0.231 e. The molecule has 0 aromatic carbocycles. The van der Waals surface area contributed by atoms with Crippen molar-refractivity contribution in [1.29, 1.82) is 0 Å². The van der Waals surface area contributed by atoms with Crippen LogP contribution in [0.4, 0.5) is 0 Å². The summed E-state index contributed by atoms with van der Waals surface area (Å²) in [7, 11) is 1.73. The third-order valence-corrected chi connectivity index (χ3v) is 2.38. The Hall–Kier alpha value is -1.83. The maximum absolute atomic E-state index is 11.6. The molecule has 1 aliphatic rings. The fourth-order valence-corrected chi connectivity index (χ4v) is 1.51. The van der Waals surface area contributed by atoms with Gasteiger partial charge in [-0.15, -0.1) is 0 Å². The van der Waals surface area contributed by atoms with Crippen LogP contribution in [0.5, 0.6) is 0 Å². The van der Waals surface area contributed by atoms with Crippen molar-refractivity contribution in [3.05, 3.63) is 60.9 Å². The van der Waals surface area contributed by atoms with E-state index in [0.29, 0.717) is 12.1 Å². The van der Waals surface area contributed by atoms with Gasteiger partial charge in [0, 0.05) is 18.3 Å². The number of hydrogen-bond acceptors (Lipinski definition) is 1. The number of allylic oxidation sites excluding steroid dienone is 5. The van der Waals surface area contributed by atoms with Gasteiger partial charge < -0.3 is 4.90 Å². The van der Waals surface area contributed by atoms with Gasteiger partial charge in [0.2, 0.25) is 5.91 Å². The number of likely N-dealkylation sites (N-methyl/N-ethyl adjacent to an activating group) is 1. The minimum Gasteiger partial charge on any atom is -0.315 e. The average Bonchev–Trinajstić information content (AvgIpc) is 2.34. The Morgan fingerprint density at radius 3 is 2.18 bits per heavy atom. The predicted octanol–water partition coefficient (Wildman–Crippen LogP) is 3.61. The fraction of sp³-hybridized carbons (Fsp3) is 0.267. The van der Waals surface area contributed by atoms with Crippen molar-refractivity contribution in [2.45, 2.75) is 20.3 Å². The maximum Gasteiger partial charge on any atom is 0.231 e. The number of rotatable bonds is 2. The first-order chi connectivity index (χ1) is 8.11. The quantitative estimate of drug-likeness (QED) is 0.711. The molecule has 1 aliphatic heterocycles. The monoisotopic (exact) mass is 231 g/mol. The lowest BCUT2D eigenvalue weighted by molar-refractivity contribution is -0.127. The highest BCUT2D eigenvalue weighted by atomic mass is 16.2. The van der Waals surface area contributed by atoms with Gasteiger partial charge in [-0.2, -0.15) is 0 Å². The number of amides is 1. The molecule has 0 aromatic rings. The Morgan fingerprint density at radius 2 is 1.71 bits per heavy atom. The molecule has 0 saturated carbocycles. The van der Waals surface area contributed by atoms with E-state index in [1.54, 1.807) is 24.1 Å². The predicted molar refractivity (Wildman–Crippen MR) is 74.4 cm³/mol.